The Morgan fingerprint density at radius 2 is 2.00 bits per heavy atom. The zero-order valence-corrected chi connectivity index (χ0v) is 15.7. The van der Waals surface area contributed by atoms with Crippen LogP contribution in [0, 0.1) is 5.92 Å². The lowest BCUT2D eigenvalue weighted by molar-refractivity contribution is 0.0299. The van der Waals surface area contributed by atoms with Crippen molar-refractivity contribution in [2.45, 2.75) is 19.4 Å². The Morgan fingerprint density at radius 3 is 2.79 bits per heavy atom. The first kappa shape index (κ1) is 18.5. The van der Waals surface area contributed by atoms with Crippen LogP contribution in [0.2, 0.25) is 0 Å². The van der Waals surface area contributed by atoms with Crippen LogP contribution in [-0.4, -0.2) is 81.0 Å². The number of amides is 2. The number of carbonyl (C=O) groups is 2. The number of aromatic nitrogens is 4. The van der Waals surface area contributed by atoms with Gasteiger partial charge in [0.15, 0.2) is 5.69 Å². The van der Waals surface area contributed by atoms with E-state index < -0.39 is 0 Å². The van der Waals surface area contributed by atoms with E-state index in [2.05, 4.69) is 15.3 Å². The van der Waals surface area contributed by atoms with Gasteiger partial charge >= 0.3 is 0 Å². The lowest BCUT2D eigenvalue weighted by atomic mass is 9.97. The maximum absolute atomic E-state index is 12.7. The van der Waals surface area contributed by atoms with E-state index in [4.69, 9.17) is 4.74 Å². The Bertz CT molecular complexity index is 818. The molecule has 2 aromatic rings. The van der Waals surface area contributed by atoms with Crippen LogP contribution < -0.4 is 0 Å². The summed E-state index contributed by atoms with van der Waals surface area (Å²) in [6.07, 6.45) is 6.94. The second kappa shape index (κ2) is 8.47. The number of nitrogens with zero attached hydrogens (tertiary/aromatic N) is 6. The minimum absolute atomic E-state index is 0.0135. The number of carbonyl (C=O) groups excluding carboxylic acids is 2. The summed E-state index contributed by atoms with van der Waals surface area (Å²) in [6.45, 7) is 4.34. The smallest absolute Gasteiger partial charge is 0.276 e. The van der Waals surface area contributed by atoms with Gasteiger partial charge in [-0.2, -0.15) is 0 Å². The fourth-order valence-corrected chi connectivity index (χ4v) is 3.75. The number of ether oxygens (including phenoxy) is 1. The molecular formula is C19H24N6O3. The molecule has 0 spiro atoms. The number of hydrogen-bond acceptors (Lipinski definition) is 6. The van der Waals surface area contributed by atoms with E-state index in [0.717, 1.165) is 19.4 Å². The van der Waals surface area contributed by atoms with Crippen LogP contribution in [0.4, 0.5) is 0 Å². The Hall–Kier alpha value is -2.81. The number of rotatable bonds is 4. The molecule has 9 nitrogen and oxygen atoms in total. The van der Waals surface area contributed by atoms with Gasteiger partial charge in [-0.3, -0.25) is 19.3 Å². The van der Waals surface area contributed by atoms with Crippen molar-refractivity contribution >= 4 is 11.8 Å². The standard InChI is InChI=1S/C19H24N6O3/c26-18(16-4-1-5-20-11-16)24-6-2-3-15(12-24)13-25-14-17(21-22-25)19(27)23-7-9-28-10-8-23/h1,4-5,11,14-15H,2-3,6-10,12-13H2/t15-/m0/s1. The third kappa shape index (κ3) is 4.19. The van der Waals surface area contributed by atoms with Gasteiger partial charge in [-0.25, -0.2) is 0 Å². The van der Waals surface area contributed by atoms with Crippen LogP contribution in [-0.2, 0) is 11.3 Å². The Balaban J connectivity index is 1.36. The molecule has 4 heterocycles. The predicted molar refractivity (Wildman–Crippen MR) is 99.6 cm³/mol. The van der Waals surface area contributed by atoms with Crippen molar-refractivity contribution in [2.75, 3.05) is 39.4 Å². The molecule has 2 aliphatic rings. The van der Waals surface area contributed by atoms with Gasteiger partial charge in [-0.05, 0) is 30.9 Å². The van der Waals surface area contributed by atoms with Gasteiger partial charge in [0.1, 0.15) is 0 Å². The number of piperidine rings is 1. The molecule has 9 heteroatoms. The van der Waals surface area contributed by atoms with Crippen molar-refractivity contribution in [3.8, 4) is 0 Å². The van der Waals surface area contributed by atoms with Gasteiger partial charge in [0, 0.05) is 45.1 Å². The Kier molecular flexibility index (Phi) is 5.61. The maximum atomic E-state index is 12.7. The van der Waals surface area contributed by atoms with Crippen LogP contribution >= 0.6 is 0 Å². The molecule has 0 aromatic carbocycles. The van der Waals surface area contributed by atoms with E-state index in [1.807, 2.05) is 4.90 Å². The molecule has 2 fully saturated rings. The quantitative estimate of drug-likeness (QED) is 0.770. The fourth-order valence-electron chi connectivity index (χ4n) is 3.75. The second-order valence-corrected chi connectivity index (χ2v) is 7.23. The zero-order chi connectivity index (χ0) is 19.3. The summed E-state index contributed by atoms with van der Waals surface area (Å²) < 4.78 is 7.00. The molecule has 28 heavy (non-hydrogen) atoms. The van der Waals surface area contributed by atoms with E-state index >= 15 is 0 Å². The topological polar surface area (TPSA) is 93.5 Å². The van der Waals surface area contributed by atoms with E-state index in [1.54, 1.807) is 40.3 Å². The molecule has 0 saturated carbocycles. The number of morpholine rings is 1. The monoisotopic (exact) mass is 384 g/mol. The first-order chi connectivity index (χ1) is 13.7. The molecule has 0 bridgehead atoms. The van der Waals surface area contributed by atoms with Crippen LogP contribution in [0.1, 0.15) is 33.7 Å². The fraction of sp³-hybridized carbons (Fsp3) is 0.526. The molecular weight excluding hydrogens is 360 g/mol. The summed E-state index contributed by atoms with van der Waals surface area (Å²) in [6, 6.07) is 3.57. The molecule has 4 rings (SSSR count). The molecule has 0 aliphatic carbocycles. The normalized spacial score (nSPS) is 20.2. The van der Waals surface area contributed by atoms with Crippen LogP contribution in [0.15, 0.2) is 30.7 Å². The SMILES string of the molecule is O=C(c1cccnc1)N1CCC[C@H](Cn2cc(C(=O)N3CCOCC3)nn2)C1. The molecule has 1 atom stereocenters. The highest BCUT2D eigenvalue weighted by Gasteiger charge is 2.26. The van der Waals surface area contributed by atoms with E-state index in [1.165, 1.54) is 0 Å². The van der Waals surface area contributed by atoms with Gasteiger partial charge < -0.3 is 14.5 Å². The Morgan fingerprint density at radius 1 is 1.14 bits per heavy atom. The highest BCUT2D eigenvalue weighted by Crippen LogP contribution is 2.20. The lowest BCUT2D eigenvalue weighted by Gasteiger charge is -2.32. The Labute approximate surface area is 163 Å². The number of pyridine rings is 1. The average Bonchev–Trinajstić information content (AvgIpc) is 3.22. The minimum atomic E-state index is -0.105. The highest BCUT2D eigenvalue weighted by molar-refractivity contribution is 5.94. The third-order valence-corrected chi connectivity index (χ3v) is 5.22. The van der Waals surface area contributed by atoms with Crippen LogP contribution in [0.5, 0.6) is 0 Å². The van der Waals surface area contributed by atoms with Crippen LogP contribution in [0.3, 0.4) is 0 Å². The zero-order valence-electron chi connectivity index (χ0n) is 15.7. The van der Waals surface area contributed by atoms with Crippen LogP contribution in [0.25, 0.3) is 0 Å². The maximum Gasteiger partial charge on any atom is 0.276 e. The summed E-state index contributed by atoms with van der Waals surface area (Å²) in [5.41, 5.74) is 0.975. The van der Waals surface area contributed by atoms with Crippen molar-refractivity contribution in [2.24, 2.45) is 5.92 Å². The average molecular weight is 384 g/mol. The summed E-state index contributed by atoms with van der Waals surface area (Å²) >= 11 is 0. The molecule has 0 unspecified atom stereocenters. The van der Waals surface area contributed by atoms with Gasteiger partial charge in [-0.15, -0.1) is 5.10 Å². The third-order valence-electron chi connectivity index (χ3n) is 5.22. The van der Waals surface area contributed by atoms with Gasteiger partial charge in [0.2, 0.25) is 0 Å². The van der Waals surface area contributed by atoms with Crippen molar-refractivity contribution < 1.29 is 14.3 Å². The van der Waals surface area contributed by atoms with Gasteiger partial charge in [0.05, 0.1) is 25.0 Å². The molecule has 148 valence electrons. The van der Waals surface area contributed by atoms with E-state index in [9.17, 15) is 9.59 Å². The van der Waals surface area contributed by atoms with E-state index in [0.29, 0.717) is 50.7 Å². The molecule has 0 N–H and O–H groups in total. The van der Waals surface area contributed by atoms with Crippen molar-refractivity contribution in [3.63, 3.8) is 0 Å². The number of likely N-dealkylation sites (tertiary alicyclic amines) is 1. The summed E-state index contributed by atoms with van der Waals surface area (Å²) in [5.74, 6) is 0.188. The summed E-state index contributed by atoms with van der Waals surface area (Å²) in [7, 11) is 0. The largest absolute Gasteiger partial charge is 0.378 e. The lowest BCUT2D eigenvalue weighted by Crippen LogP contribution is -2.41. The van der Waals surface area contributed by atoms with Crippen molar-refractivity contribution in [1.82, 2.24) is 29.8 Å². The minimum Gasteiger partial charge on any atom is -0.378 e. The first-order valence-corrected chi connectivity index (χ1v) is 9.67. The molecule has 2 amide bonds. The highest BCUT2D eigenvalue weighted by atomic mass is 16.5. The van der Waals surface area contributed by atoms with Gasteiger partial charge in [-0.1, -0.05) is 5.21 Å². The molecule has 2 saturated heterocycles. The van der Waals surface area contributed by atoms with Crippen molar-refractivity contribution in [1.29, 1.82) is 0 Å². The van der Waals surface area contributed by atoms with E-state index in [-0.39, 0.29) is 17.7 Å². The predicted octanol–water partition coefficient (Wildman–Crippen LogP) is 0.698. The van der Waals surface area contributed by atoms with Crippen molar-refractivity contribution in [3.05, 3.63) is 42.0 Å². The second-order valence-electron chi connectivity index (χ2n) is 7.23. The summed E-state index contributed by atoms with van der Waals surface area (Å²) in [4.78, 5) is 32.8. The molecule has 2 aromatic heterocycles. The first-order valence-electron chi connectivity index (χ1n) is 9.67. The number of hydrogen-bond donors (Lipinski definition) is 0. The molecule has 2 aliphatic heterocycles. The van der Waals surface area contributed by atoms with Gasteiger partial charge in [0.25, 0.3) is 11.8 Å². The summed E-state index contributed by atoms with van der Waals surface area (Å²) in [5, 5.41) is 8.18. The molecule has 0 radical (unpaired) electrons.